The number of anilines is 3. The van der Waals surface area contributed by atoms with Gasteiger partial charge in [-0.25, -0.2) is 5.84 Å². The maximum absolute atomic E-state index is 9.40. The van der Waals surface area contributed by atoms with Crippen LogP contribution < -0.4 is 21.5 Å². The first-order valence-corrected chi connectivity index (χ1v) is 7.06. The molecule has 1 aromatic rings. The van der Waals surface area contributed by atoms with Crippen molar-refractivity contribution in [2.75, 3.05) is 48.6 Å². The number of hydrogen-bond acceptors (Lipinski definition) is 9. The number of aliphatic hydroxyl groups is 1. The lowest BCUT2D eigenvalue weighted by Gasteiger charge is -2.27. The molecule has 0 radical (unpaired) electrons. The third-order valence-electron chi connectivity index (χ3n) is 3.36. The fraction of sp³-hybridized carbons (Fsp3) is 0.750. The largest absolute Gasteiger partial charge is 0.394 e. The van der Waals surface area contributed by atoms with Crippen LogP contribution in [0.1, 0.15) is 13.8 Å². The van der Waals surface area contributed by atoms with Crippen molar-refractivity contribution in [3.05, 3.63) is 0 Å². The van der Waals surface area contributed by atoms with Crippen molar-refractivity contribution in [2.45, 2.75) is 19.9 Å². The Morgan fingerprint density at radius 1 is 1.24 bits per heavy atom. The van der Waals surface area contributed by atoms with E-state index in [1.165, 1.54) is 0 Å². The number of nitrogens with one attached hydrogen (secondary N) is 2. The summed E-state index contributed by atoms with van der Waals surface area (Å²) < 4.78 is 5.32. The number of hydrazine groups is 1. The van der Waals surface area contributed by atoms with Crippen LogP contribution in [0.5, 0.6) is 0 Å². The number of nitrogens with two attached hydrogens (primary N) is 1. The van der Waals surface area contributed by atoms with Gasteiger partial charge in [0.15, 0.2) is 0 Å². The number of nitrogens with zero attached hydrogens (tertiary/aromatic N) is 4. The van der Waals surface area contributed by atoms with Gasteiger partial charge in [-0.2, -0.15) is 15.0 Å². The summed E-state index contributed by atoms with van der Waals surface area (Å²) in [4.78, 5) is 14.9. The number of nitrogen functional groups attached to an aromatic ring is 1. The van der Waals surface area contributed by atoms with E-state index < -0.39 is 0 Å². The van der Waals surface area contributed by atoms with Crippen LogP contribution in [-0.4, -0.2) is 59.0 Å². The molecule has 0 bridgehead atoms. The standard InChI is InChI=1S/C12H23N7O2/c1-8(2)9(7-20)14-10-15-11(18-13)17-12(16-10)19-3-5-21-6-4-19/h8-9,20H,3-7,13H2,1-2H3,(H2,14,15,16,17,18)/t9-/m1/s1. The Morgan fingerprint density at radius 3 is 2.48 bits per heavy atom. The van der Waals surface area contributed by atoms with Crippen molar-refractivity contribution < 1.29 is 9.84 Å². The molecule has 0 amide bonds. The van der Waals surface area contributed by atoms with Gasteiger partial charge in [-0.05, 0) is 5.92 Å². The van der Waals surface area contributed by atoms with Gasteiger partial charge < -0.3 is 20.1 Å². The van der Waals surface area contributed by atoms with Crippen LogP contribution in [0.2, 0.25) is 0 Å². The molecular weight excluding hydrogens is 274 g/mol. The average Bonchev–Trinajstić information content (AvgIpc) is 2.52. The third kappa shape index (κ3) is 4.13. The van der Waals surface area contributed by atoms with Gasteiger partial charge in [-0.3, -0.25) is 5.43 Å². The quantitative estimate of drug-likeness (QED) is 0.403. The van der Waals surface area contributed by atoms with E-state index in [9.17, 15) is 5.11 Å². The van der Waals surface area contributed by atoms with Crippen LogP contribution in [0.15, 0.2) is 0 Å². The molecule has 2 rings (SSSR count). The molecule has 0 spiro atoms. The SMILES string of the molecule is CC(C)[C@@H](CO)Nc1nc(NN)nc(N2CCOCC2)n1. The molecule has 9 nitrogen and oxygen atoms in total. The van der Waals surface area contributed by atoms with E-state index >= 15 is 0 Å². The van der Waals surface area contributed by atoms with E-state index in [0.717, 1.165) is 13.1 Å². The predicted molar refractivity (Wildman–Crippen MR) is 80.0 cm³/mol. The van der Waals surface area contributed by atoms with Gasteiger partial charge in [-0.1, -0.05) is 13.8 Å². The topological polar surface area (TPSA) is 121 Å². The average molecular weight is 297 g/mol. The second-order valence-corrected chi connectivity index (χ2v) is 5.20. The van der Waals surface area contributed by atoms with Gasteiger partial charge in [0.1, 0.15) is 0 Å². The zero-order valence-electron chi connectivity index (χ0n) is 12.4. The molecule has 2 heterocycles. The molecule has 1 aromatic heterocycles. The number of aliphatic hydroxyl groups excluding tert-OH is 1. The Balaban J connectivity index is 2.20. The van der Waals surface area contributed by atoms with Gasteiger partial charge in [0.25, 0.3) is 0 Å². The number of morpholine rings is 1. The summed E-state index contributed by atoms with van der Waals surface area (Å²) in [6.07, 6.45) is 0. The molecule has 1 atom stereocenters. The lowest BCUT2D eigenvalue weighted by Crippen LogP contribution is -2.38. The van der Waals surface area contributed by atoms with E-state index in [0.29, 0.717) is 25.1 Å². The molecule has 0 saturated carbocycles. The van der Waals surface area contributed by atoms with Crippen LogP contribution in [0.4, 0.5) is 17.8 Å². The highest BCUT2D eigenvalue weighted by Gasteiger charge is 2.18. The second kappa shape index (κ2) is 7.34. The fourth-order valence-electron chi connectivity index (χ4n) is 1.99. The Kier molecular flexibility index (Phi) is 5.48. The Morgan fingerprint density at radius 2 is 1.90 bits per heavy atom. The van der Waals surface area contributed by atoms with Crippen LogP contribution in [-0.2, 0) is 4.74 Å². The third-order valence-corrected chi connectivity index (χ3v) is 3.36. The molecule has 1 aliphatic heterocycles. The summed E-state index contributed by atoms with van der Waals surface area (Å²) in [5.74, 6) is 6.89. The minimum atomic E-state index is -0.129. The highest BCUT2D eigenvalue weighted by Crippen LogP contribution is 2.16. The zero-order chi connectivity index (χ0) is 15.2. The van der Waals surface area contributed by atoms with Crippen molar-refractivity contribution >= 4 is 17.8 Å². The molecule has 9 heteroatoms. The molecule has 0 unspecified atom stereocenters. The molecule has 1 aliphatic rings. The molecule has 0 aliphatic carbocycles. The number of ether oxygens (including phenoxy) is 1. The van der Waals surface area contributed by atoms with Gasteiger partial charge in [0, 0.05) is 13.1 Å². The van der Waals surface area contributed by atoms with E-state index in [4.69, 9.17) is 10.6 Å². The zero-order valence-corrected chi connectivity index (χ0v) is 12.4. The summed E-state index contributed by atoms with van der Waals surface area (Å²) in [5.41, 5.74) is 2.44. The van der Waals surface area contributed by atoms with Gasteiger partial charge in [0.2, 0.25) is 17.8 Å². The van der Waals surface area contributed by atoms with Gasteiger partial charge >= 0.3 is 0 Å². The van der Waals surface area contributed by atoms with Crippen molar-refractivity contribution in [1.82, 2.24) is 15.0 Å². The lowest BCUT2D eigenvalue weighted by atomic mass is 10.1. The molecular formula is C12H23N7O2. The molecule has 0 aromatic carbocycles. The molecule has 21 heavy (non-hydrogen) atoms. The van der Waals surface area contributed by atoms with Gasteiger partial charge in [0.05, 0.1) is 25.9 Å². The molecule has 1 saturated heterocycles. The highest BCUT2D eigenvalue weighted by molar-refractivity contribution is 5.44. The highest BCUT2D eigenvalue weighted by atomic mass is 16.5. The van der Waals surface area contributed by atoms with Crippen LogP contribution in [0.3, 0.4) is 0 Å². The molecule has 118 valence electrons. The van der Waals surface area contributed by atoms with E-state index in [1.807, 2.05) is 18.7 Å². The maximum Gasteiger partial charge on any atom is 0.243 e. The van der Waals surface area contributed by atoms with Crippen molar-refractivity contribution in [3.8, 4) is 0 Å². The van der Waals surface area contributed by atoms with Gasteiger partial charge in [-0.15, -0.1) is 0 Å². The summed E-state index contributed by atoms with van der Waals surface area (Å²) in [5, 5.41) is 12.5. The van der Waals surface area contributed by atoms with Crippen molar-refractivity contribution in [3.63, 3.8) is 0 Å². The van der Waals surface area contributed by atoms with Crippen LogP contribution in [0, 0.1) is 5.92 Å². The van der Waals surface area contributed by atoms with Crippen molar-refractivity contribution in [1.29, 1.82) is 0 Å². The summed E-state index contributed by atoms with van der Waals surface area (Å²) in [6, 6.07) is -0.129. The van der Waals surface area contributed by atoms with E-state index in [1.54, 1.807) is 0 Å². The first-order valence-electron chi connectivity index (χ1n) is 7.06. The monoisotopic (exact) mass is 297 g/mol. The normalized spacial score (nSPS) is 16.9. The molecule has 5 N–H and O–H groups in total. The first-order chi connectivity index (χ1) is 10.1. The Bertz CT molecular complexity index is 451. The Labute approximate surface area is 123 Å². The first kappa shape index (κ1) is 15.7. The van der Waals surface area contributed by atoms with Crippen molar-refractivity contribution in [2.24, 2.45) is 11.8 Å². The lowest BCUT2D eigenvalue weighted by molar-refractivity contribution is 0.122. The minimum Gasteiger partial charge on any atom is -0.394 e. The Hall–Kier alpha value is -1.71. The van der Waals surface area contributed by atoms with Crippen LogP contribution in [0.25, 0.3) is 0 Å². The summed E-state index contributed by atoms with van der Waals surface area (Å²) >= 11 is 0. The minimum absolute atomic E-state index is 0.00161. The number of rotatable bonds is 6. The maximum atomic E-state index is 9.40. The van der Waals surface area contributed by atoms with Crippen LogP contribution >= 0.6 is 0 Å². The molecule has 1 fully saturated rings. The number of aromatic nitrogens is 3. The van der Waals surface area contributed by atoms with E-state index in [-0.39, 0.29) is 24.5 Å². The smallest absolute Gasteiger partial charge is 0.243 e. The fourth-order valence-corrected chi connectivity index (χ4v) is 1.99. The summed E-state index contributed by atoms with van der Waals surface area (Å²) in [6.45, 7) is 6.76. The number of hydrogen-bond donors (Lipinski definition) is 4. The van der Waals surface area contributed by atoms with E-state index in [2.05, 4.69) is 25.7 Å². The summed E-state index contributed by atoms with van der Waals surface area (Å²) in [7, 11) is 0. The second-order valence-electron chi connectivity index (χ2n) is 5.20. The predicted octanol–water partition coefficient (Wildman–Crippen LogP) is -0.577.